The number of rotatable bonds is 4. The van der Waals surface area contributed by atoms with Crippen LogP contribution in [-0.2, 0) is 6.42 Å². The zero-order valence-corrected chi connectivity index (χ0v) is 11.9. The maximum atomic E-state index is 13.3. The summed E-state index contributed by atoms with van der Waals surface area (Å²) in [6.07, 6.45) is 4.15. The third-order valence-electron chi connectivity index (χ3n) is 4.24. The quantitative estimate of drug-likeness (QED) is 0.877. The zero-order valence-electron chi connectivity index (χ0n) is 11.9. The summed E-state index contributed by atoms with van der Waals surface area (Å²) >= 11 is 0. The smallest absolute Gasteiger partial charge is 0.123 e. The lowest BCUT2D eigenvalue weighted by Crippen LogP contribution is -2.42. The first-order valence-electron chi connectivity index (χ1n) is 7.23. The molecular formula is C16H24FNO. The van der Waals surface area contributed by atoms with Crippen LogP contribution in [0.4, 0.5) is 4.39 Å². The topological polar surface area (TPSA) is 32.3 Å². The van der Waals surface area contributed by atoms with E-state index in [1.165, 1.54) is 6.07 Å². The molecule has 3 heteroatoms. The van der Waals surface area contributed by atoms with Crippen molar-refractivity contribution in [1.29, 1.82) is 0 Å². The predicted molar refractivity (Wildman–Crippen MR) is 75.7 cm³/mol. The Morgan fingerprint density at radius 3 is 2.68 bits per heavy atom. The lowest BCUT2D eigenvalue weighted by atomic mass is 9.78. The van der Waals surface area contributed by atoms with E-state index in [4.69, 9.17) is 0 Å². The van der Waals surface area contributed by atoms with E-state index in [0.717, 1.165) is 43.4 Å². The molecule has 2 nitrogen and oxygen atoms in total. The van der Waals surface area contributed by atoms with Gasteiger partial charge in [-0.1, -0.05) is 13.0 Å². The molecule has 0 saturated heterocycles. The van der Waals surface area contributed by atoms with Gasteiger partial charge in [-0.3, -0.25) is 0 Å². The highest BCUT2D eigenvalue weighted by atomic mass is 19.1. The fraction of sp³-hybridized carbons (Fsp3) is 0.625. The first kappa shape index (κ1) is 14.5. The summed E-state index contributed by atoms with van der Waals surface area (Å²) in [5, 5.41) is 14.1. The standard InChI is InChI=1S/C16H24FNO/c1-3-18-15-6-8-16(19,9-7-15)11-13-10-14(17)5-4-12(13)2/h4-5,10,15,18-19H,3,6-9,11H2,1-2H3. The number of hydrogen-bond donors (Lipinski definition) is 2. The summed E-state index contributed by atoms with van der Waals surface area (Å²) in [5.74, 6) is -0.217. The summed E-state index contributed by atoms with van der Waals surface area (Å²) in [7, 11) is 0. The molecule has 2 N–H and O–H groups in total. The first-order valence-corrected chi connectivity index (χ1v) is 7.23. The van der Waals surface area contributed by atoms with Crippen molar-refractivity contribution in [2.45, 2.75) is 57.6 Å². The number of benzene rings is 1. The van der Waals surface area contributed by atoms with Gasteiger partial charge in [0.1, 0.15) is 5.82 Å². The van der Waals surface area contributed by atoms with Crippen molar-refractivity contribution in [3.05, 3.63) is 35.1 Å². The van der Waals surface area contributed by atoms with Crippen molar-refractivity contribution < 1.29 is 9.50 Å². The lowest BCUT2D eigenvalue weighted by Gasteiger charge is -2.36. The Bertz CT molecular complexity index is 425. The SMILES string of the molecule is CCNC1CCC(O)(Cc2cc(F)ccc2C)CC1. The summed E-state index contributed by atoms with van der Waals surface area (Å²) in [6.45, 7) is 5.06. The van der Waals surface area contributed by atoms with Crippen LogP contribution >= 0.6 is 0 Å². The highest BCUT2D eigenvalue weighted by molar-refractivity contribution is 5.28. The van der Waals surface area contributed by atoms with Crippen LogP contribution in [0.3, 0.4) is 0 Å². The highest BCUT2D eigenvalue weighted by Crippen LogP contribution is 2.32. The molecule has 2 rings (SSSR count). The summed E-state index contributed by atoms with van der Waals surface area (Å²) in [5.41, 5.74) is 1.33. The Labute approximate surface area is 115 Å². The molecule has 19 heavy (non-hydrogen) atoms. The average Bonchev–Trinajstić information content (AvgIpc) is 2.37. The van der Waals surface area contributed by atoms with Gasteiger partial charge >= 0.3 is 0 Å². The van der Waals surface area contributed by atoms with Gasteiger partial charge in [-0.05, 0) is 62.4 Å². The van der Waals surface area contributed by atoms with Crippen LogP contribution in [0.25, 0.3) is 0 Å². The third kappa shape index (κ3) is 3.77. The Morgan fingerprint density at radius 2 is 2.05 bits per heavy atom. The summed E-state index contributed by atoms with van der Waals surface area (Å²) in [6, 6.07) is 5.35. The molecular weight excluding hydrogens is 241 g/mol. The van der Waals surface area contributed by atoms with E-state index in [1.54, 1.807) is 12.1 Å². The van der Waals surface area contributed by atoms with E-state index in [-0.39, 0.29) is 5.82 Å². The molecule has 106 valence electrons. The molecule has 0 aromatic heterocycles. The van der Waals surface area contributed by atoms with Crippen molar-refractivity contribution in [3.8, 4) is 0 Å². The lowest BCUT2D eigenvalue weighted by molar-refractivity contribution is -0.00310. The molecule has 0 amide bonds. The Balaban J connectivity index is 2.00. The van der Waals surface area contributed by atoms with Gasteiger partial charge < -0.3 is 10.4 Å². The van der Waals surface area contributed by atoms with Gasteiger partial charge in [0.25, 0.3) is 0 Å². The molecule has 0 aliphatic heterocycles. The molecule has 0 unspecified atom stereocenters. The van der Waals surface area contributed by atoms with Crippen molar-refractivity contribution in [2.24, 2.45) is 0 Å². The molecule has 1 aliphatic rings. The van der Waals surface area contributed by atoms with Crippen LogP contribution in [0.1, 0.15) is 43.7 Å². The van der Waals surface area contributed by atoms with E-state index in [1.807, 2.05) is 6.92 Å². The molecule has 0 radical (unpaired) electrons. The van der Waals surface area contributed by atoms with Gasteiger partial charge in [-0.15, -0.1) is 0 Å². The number of halogens is 1. The van der Waals surface area contributed by atoms with Crippen LogP contribution in [0, 0.1) is 12.7 Å². The first-order chi connectivity index (χ1) is 9.02. The minimum atomic E-state index is -0.662. The van der Waals surface area contributed by atoms with E-state index in [2.05, 4.69) is 12.2 Å². The Morgan fingerprint density at radius 1 is 1.37 bits per heavy atom. The van der Waals surface area contributed by atoms with E-state index in [9.17, 15) is 9.50 Å². The molecule has 0 heterocycles. The molecule has 1 aliphatic carbocycles. The van der Waals surface area contributed by atoms with Crippen molar-refractivity contribution in [2.75, 3.05) is 6.54 Å². The maximum Gasteiger partial charge on any atom is 0.123 e. The van der Waals surface area contributed by atoms with Crippen molar-refractivity contribution >= 4 is 0 Å². The van der Waals surface area contributed by atoms with E-state index in [0.29, 0.717) is 12.5 Å². The number of nitrogens with one attached hydrogen (secondary N) is 1. The molecule has 0 spiro atoms. The zero-order chi connectivity index (χ0) is 13.9. The van der Waals surface area contributed by atoms with Crippen LogP contribution in [-0.4, -0.2) is 23.3 Å². The van der Waals surface area contributed by atoms with Crippen LogP contribution in [0.5, 0.6) is 0 Å². The Kier molecular flexibility index (Phi) is 4.58. The van der Waals surface area contributed by atoms with Gasteiger partial charge in [-0.2, -0.15) is 0 Å². The molecule has 0 bridgehead atoms. The summed E-state index contributed by atoms with van der Waals surface area (Å²) in [4.78, 5) is 0. The second-order valence-electron chi connectivity index (χ2n) is 5.80. The number of aliphatic hydroxyl groups is 1. The van der Waals surface area contributed by atoms with Gasteiger partial charge in [-0.25, -0.2) is 4.39 Å². The molecule has 1 fully saturated rings. The average molecular weight is 265 g/mol. The second kappa shape index (κ2) is 6.02. The number of hydrogen-bond acceptors (Lipinski definition) is 2. The monoisotopic (exact) mass is 265 g/mol. The van der Waals surface area contributed by atoms with Gasteiger partial charge in [0, 0.05) is 12.5 Å². The highest BCUT2D eigenvalue weighted by Gasteiger charge is 2.33. The van der Waals surface area contributed by atoms with E-state index < -0.39 is 5.60 Å². The van der Waals surface area contributed by atoms with Crippen LogP contribution in [0.15, 0.2) is 18.2 Å². The maximum absolute atomic E-state index is 13.3. The minimum Gasteiger partial charge on any atom is -0.390 e. The van der Waals surface area contributed by atoms with Crippen molar-refractivity contribution in [1.82, 2.24) is 5.32 Å². The van der Waals surface area contributed by atoms with Gasteiger partial charge in [0.2, 0.25) is 0 Å². The fourth-order valence-corrected chi connectivity index (χ4v) is 3.01. The van der Waals surface area contributed by atoms with Crippen LogP contribution < -0.4 is 5.32 Å². The van der Waals surface area contributed by atoms with E-state index >= 15 is 0 Å². The van der Waals surface area contributed by atoms with Gasteiger partial charge in [0.15, 0.2) is 0 Å². The summed E-state index contributed by atoms with van der Waals surface area (Å²) < 4.78 is 13.3. The van der Waals surface area contributed by atoms with Crippen molar-refractivity contribution in [3.63, 3.8) is 0 Å². The molecule has 1 saturated carbocycles. The van der Waals surface area contributed by atoms with Gasteiger partial charge in [0.05, 0.1) is 5.60 Å². The fourth-order valence-electron chi connectivity index (χ4n) is 3.01. The second-order valence-corrected chi connectivity index (χ2v) is 5.80. The third-order valence-corrected chi connectivity index (χ3v) is 4.24. The predicted octanol–water partition coefficient (Wildman–Crippen LogP) is 2.96. The molecule has 1 aromatic rings. The Hall–Kier alpha value is -0.930. The number of aryl methyl sites for hydroxylation is 1. The largest absolute Gasteiger partial charge is 0.390 e. The normalized spacial score (nSPS) is 27.5. The van der Waals surface area contributed by atoms with Crippen LogP contribution in [0.2, 0.25) is 0 Å². The molecule has 0 atom stereocenters. The molecule has 1 aromatic carbocycles. The minimum absolute atomic E-state index is 0.217.